The highest BCUT2D eigenvalue weighted by Crippen LogP contribution is 2.30. The summed E-state index contributed by atoms with van der Waals surface area (Å²) < 4.78 is 27.9. The number of hydrogen-bond acceptors (Lipinski definition) is 5. The molecule has 6 nitrogen and oxygen atoms in total. The Labute approximate surface area is 189 Å². The summed E-state index contributed by atoms with van der Waals surface area (Å²) in [7, 11) is -3.61. The molecular weight excluding hydrogens is 430 g/mol. The van der Waals surface area contributed by atoms with Crippen LogP contribution in [0.15, 0.2) is 52.3 Å². The fourth-order valence-corrected chi connectivity index (χ4v) is 6.17. The van der Waals surface area contributed by atoms with Crippen molar-refractivity contribution in [3.8, 4) is 0 Å². The molecule has 1 amide bonds. The fourth-order valence-electron chi connectivity index (χ4n) is 4.22. The number of nitrogens with one attached hydrogen (secondary N) is 1. The molecule has 0 aromatic heterocycles. The molecule has 2 aromatic carbocycles. The lowest BCUT2D eigenvalue weighted by Crippen LogP contribution is -2.35. The van der Waals surface area contributed by atoms with Crippen molar-refractivity contribution in [2.24, 2.45) is 0 Å². The summed E-state index contributed by atoms with van der Waals surface area (Å²) in [5.41, 5.74) is 1.90. The SMILES string of the molecule is CSc1ccc(NC(=O)c2cc(S(=O)(=O)N3CCCCC3)ccc2N2CCCC2)cc1. The minimum Gasteiger partial charge on any atom is -0.371 e. The Bertz CT molecular complexity index is 1030. The quantitative estimate of drug-likeness (QED) is 0.647. The predicted octanol–water partition coefficient (Wildman–Crippen LogP) is 4.44. The van der Waals surface area contributed by atoms with Crippen LogP contribution in [0.25, 0.3) is 0 Å². The van der Waals surface area contributed by atoms with Gasteiger partial charge in [0, 0.05) is 42.4 Å². The van der Waals surface area contributed by atoms with Gasteiger partial charge in [0.15, 0.2) is 0 Å². The Morgan fingerprint density at radius 1 is 0.903 bits per heavy atom. The number of piperidine rings is 1. The van der Waals surface area contributed by atoms with Crippen LogP contribution in [-0.2, 0) is 10.0 Å². The van der Waals surface area contributed by atoms with Gasteiger partial charge in [-0.05, 0) is 74.4 Å². The van der Waals surface area contributed by atoms with Gasteiger partial charge in [0.05, 0.1) is 10.5 Å². The van der Waals surface area contributed by atoms with Crippen LogP contribution in [0, 0.1) is 0 Å². The molecule has 166 valence electrons. The Morgan fingerprint density at radius 3 is 2.19 bits per heavy atom. The van der Waals surface area contributed by atoms with Crippen molar-refractivity contribution in [1.29, 1.82) is 0 Å². The summed E-state index contributed by atoms with van der Waals surface area (Å²) in [6, 6.07) is 12.7. The summed E-state index contributed by atoms with van der Waals surface area (Å²) >= 11 is 1.64. The van der Waals surface area contributed by atoms with Crippen molar-refractivity contribution < 1.29 is 13.2 Å². The lowest BCUT2D eigenvalue weighted by molar-refractivity contribution is 0.102. The Balaban J connectivity index is 1.67. The number of rotatable bonds is 6. The Kier molecular flexibility index (Phi) is 6.89. The van der Waals surface area contributed by atoms with Gasteiger partial charge in [-0.1, -0.05) is 6.42 Å². The normalized spacial score (nSPS) is 17.6. The average Bonchev–Trinajstić information content (AvgIpc) is 3.34. The van der Waals surface area contributed by atoms with Gasteiger partial charge in [-0.15, -0.1) is 11.8 Å². The maximum atomic E-state index is 13.3. The molecule has 0 spiro atoms. The van der Waals surface area contributed by atoms with Crippen LogP contribution in [0.5, 0.6) is 0 Å². The molecule has 4 rings (SSSR count). The number of anilines is 2. The van der Waals surface area contributed by atoms with Crippen molar-refractivity contribution >= 4 is 39.1 Å². The van der Waals surface area contributed by atoms with Crippen LogP contribution in [-0.4, -0.2) is 51.1 Å². The van der Waals surface area contributed by atoms with Crippen LogP contribution in [0.4, 0.5) is 11.4 Å². The molecule has 1 N–H and O–H groups in total. The molecule has 0 saturated carbocycles. The van der Waals surface area contributed by atoms with E-state index in [1.807, 2.05) is 30.5 Å². The van der Waals surface area contributed by atoms with Crippen LogP contribution in [0.2, 0.25) is 0 Å². The highest BCUT2D eigenvalue weighted by Gasteiger charge is 2.28. The Hall–Kier alpha value is -2.03. The van der Waals surface area contributed by atoms with Gasteiger partial charge in [0.25, 0.3) is 5.91 Å². The summed E-state index contributed by atoms with van der Waals surface area (Å²) in [6.45, 7) is 2.83. The molecule has 2 aliphatic rings. The molecule has 0 unspecified atom stereocenters. The van der Waals surface area contributed by atoms with Crippen molar-refractivity contribution in [2.75, 3.05) is 42.7 Å². The number of sulfonamides is 1. The van der Waals surface area contributed by atoms with E-state index in [2.05, 4.69) is 10.2 Å². The monoisotopic (exact) mass is 459 g/mol. The standard InChI is InChI=1S/C23H29N3O3S2/c1-30-19-9-7-18(8-10-19)24-23(27)21-17-20(11-12-22(21)25-13-5-6-14-25)31(28,29)26-15-3-2-4-16-26/h7-12,17H,2-6,13-16H2,1H3,(H,24,27). The van der Waals surface area contributed by atoms with Gasteiger partial charge >= 0.3 is 0 Å². The van der Waals surface area contributed by atoms with Gasteiger partial charge in [-0.3, -0.25) is 4.79 Å². The third kappa shape index (κ3) is 4.91. The van der Waals surface area contributed by atoms with Gasteiger partial charge < -0.3 is 10.2 Å². The zero-order chi connectivity index (χ0) is 21.8. The second kappa shape index (κ2) is 9.63. The van der Waals surface area contributed by atoms with E-state index in [0.29, 0.717) is 24.3 Å². The first-order valence-corrected chi connectivity index (χ1v) is 13.5. The Morgan fingerprint density at radius 2 is 1.55 bits per heavy atom. The molecule has 2 saturated heterocycles. The summed E-state index contributed by atoms with van der Waals surface area (Å²) in [5, 5.41) is 2.95. The molecule has 2 fully saturated rings. The molecule has 8 heteroatoms. The van der Waals surface area contributed by atoms with Crippen LogP contribution >= 0.6 is 11.8 Å². The minimum atomic E-state index is -3.61. The zero-order valence-corrected chi connectivity index (χ0v) is 19.5. The second-order valence-corrected chi connectivity index (χ2v) is 10.8. The van der Waals surface area contributed by atoms with Crippen molar-refractivity contribution in [2.45, 2.75) is 41.9 Å². The number of amides is 1. The maximum absolute atomic E-state index is 13.3. The molecule has 2 aromatic rings. The van der Waals surface area contributed by atoms with E-state index in [9.17, 15) is 13.2 Å². The van der Waals surface area contributed by atoms with Crippen molar-refractivity contribution in [1.82, 2.24) is 4.31 Å². The summed E-state index contributed by atoms with van der Waals surface area (Å²) in [5.74, 6) is -0.283. The topological polar surface area (TPSA) is 69.7 Å². The molecule has 0 atom stereocenters. The average molecular weight is 460 g/mol. The first kappa shape index (κ1) is 22.2. The van der Waals surface area contributed by atoms with E-state index >= 15 is 0 Å². The van der Waals surface area contributed by atoms with E-state index in [1.54, 1.807) is 34.3 Å². The van der Waals surface area contributed by atoms with E-state index in [1.165, 1.54) is 0 Å². The van der Waals surface area contributed by atoms with E-state index in [0.717, 1.165) is 55.8 Å². The molecule has 31 heavy (non-hydrogen) atoms. The minimum absolute atomic E-state index is 0.195. The highest BCUT2D eigenvalue weighted by atomic mass is 32.2. The van der Waals surface area contributed by atoms with Gasteiger partial charge in [0.2, 0.25) is 10.0 Å². The highest BCUT2D eigenvalue weighted by molar-refractivity contribution is 7.98. The largest absolute Gasteiger partial charge is 0.371 e. The van der Waals surface area contributed by atoms with Crippen molar-refractivity contribution in [3.63, 3.8) is 0 Å². The summed E-state index contributed by atoms with van der Waals surface area (Å²) in [4.78, 5) is 16.7. The molecular formula is C23H29N3O3S2. The first-order valence-electron chi connectivity index (χ1n) is 10.8. The smallest absolute Gasteiger partial charge is 0.257 e. The molecule has 0 radical (unpaired) electrons. The predicted molar refractivity (Wildman–Crippen MR) is 127 cm³/mol. The second-order valence-electron chi connectivity index (χ2n) is 8.02. The number of carbonyl (C=O) groups excluding carboxylic acids is 1. The molecule has 2 heterocycles. The molecule has 0 bridgehead atoms. The number of benzene rings is 2. The van der Waals surface area contributed by atoms with Crippen LogP contribution in [0.3, 0.4) is 0 Å². The fraction of sp³-hybridized carbons (Fsp3) is 0.435. The lowest BCUT2D eigenvalue weighted by atomic mass is 10.1. The summed E-state index contributed by atoms with van der Waals surface area (Å²) in [6.07, 6.45) is 6.97. The van der Waals surface area contributed by atoms with Gasteiger partial charge in [0.1, 0.15) is 0 Å². The van der Waals surface area contributed by atoms with Gasteiger partial charge in [-0.25, -0.2) is 8.42 Å². The first-order chi connectivity index (χ1) is 15.0. The van der Waals surface area contributed by atoms with Crippen LogP contribution in [0.1, 0.15) is 42.5 Å². The van der Waals surface area contributed by atoms with Gasteiger partial charge in [-0.2, -0.15) is 4.31 Å². The third-order valence-electron chi connectivity index (χ3n) is 5.96. The van der Waals surface area contributed by atoms with E-state index in [4.69, 9.17) is 0 Å². The zero-order valence-electron chi connectivity index (χ0n) is 17.8. The number of thioether (sulfide) groups is 1. The van der Waals surface area contributed by atoms with Crippen LogP contribution < -0.4 is 10.2 Å². The van der Waals surface area contributed by atoms with E-state index < -0.39 is 10.0 Å². The number of nitrogens with zero attached hydrogens (tertiary/aromatic N) is 2. The molecule has 0 aliphatic carbocycles. The molecule has 2 aliphatic heterocycles. The lowest BCUT2D eigenvalue weighted by Gasteiger charge is -2.27. The van der Waals surface area contributed by atoms with E-state index in [-0.39, 0.29) is 10.8 Å². The third-order valence-corrected chi connectivity index (χ3v) is 8.60. The maximum Gasteiger partial charge on any atom is 0.257 e. The number of carbonyl (C=O) groups is 1. The van der Waals surface area contributed by atoms with Crippen molar-refractivity contribution in [3.05, 3.63) is 48.0 Å². The number of hydrogen-bond donors (Lipinski definition) is 1.